The number of nitrogens with zero attached hydrogens (tertiary/aromatic N) is 2. The number of halogens is 3. The van der Waals surface area contributed by atoms with Gasteiger partial charge < -0.3 is 15.5 Å². The minimum Gasteiger partial charge on any atom is -0.352 e. The molecule has 2 amide bonds. The molecule has 2 heterocycles. The van der Waals surface area contributed by atoms with Gasteiger partial charge in [-0.2, -0.15) is 13.2 Å². The average molecular weight is 455 g/mol. The molecule has 6 nitrogen and oxygen atoms in total. The summed E-state index contributed by atoms with van der Waals surface area (Å²) in [5.74, 6) is -0.516. The number of anilines is 2. The lowest BCUT2D eigenvalue weighted by Crippen LogP contribution is -2.53. The summed E-state index contributed by atoms with van der Waals surface area (Å²) in [6, 6.07) is 4.26. The number of carbonyl (C=O) groups is 2. The number of carbonyl (C=O) groups excluding carboxylic acids is 2. The normalized spacial score (nSPS) is 17.8. The molecular formula is C21H25F3N4O2S. The second-order valence-electron chi connectivity index (χ2n) is 7.57. The molecule has 2 N–H and O–H groups in total. The molecule has 2 aromatic rings. The van der Waals surface area contributed by atoms with Crippen LogP contribution in [0.15, 0.2) is 29.6 Å². The average Bonchev–Trinajstić information content (AvgIpc) is 3.21. The van der Waals surface area contributed by atoms with Crippen molar-refractivity contribution < 1.29 is 22.8 Å². The second-order valence-corrected chi connectivity index (χ2v) is 8.43. The first-order valence-corrected chi connectivity index (χ1v) is 11.1. The minimum absolute atomic E-state index is 0.0221. The lowest BCUT2D eigenvalue weighted by molar-refractivity contribution is -0.137. The summed E-state index contributed by atoms with van der Waals surface area (Å²) < 4.78 is 38.7. The second kappa shape index (κ2) is 9.67. The molecule has 3 rings (SSSR count). The highest BCUT2D eigenvalue weighted by atomic mass is 32.1. The molecule has 1 saturated heterocycles. The number of rotatable bonds is 6. The Morgan fingerprint density at radius 1 is 1.32 bits per heavy atom. The summed E-state index contributed by atoms with van der Waals surface area (Å²) in [4.78, 5) is 31.5. The molecule has 1 aromatic carbocycles. The maximum Gasteiger partial charge on any atom is 0.416 e. The van der Waals surface area contributed by atoms with E-state index in [2.05, 4.69) is 15.6 Å². The number of hydrogen-bond acceptors (Lipinski definition) is 5. The largest absolute Gasteiger partial charge is 0.416 e. The number of piperidine rings is 1. The van der Waals surface area contributed by atoms with E-state index in [0.717, 1.165) is 42.7 Å². The van der Waals surface area contributed by atoms with Gasteiger partial charge in [0, 0.05) is 23.7 Å². The van der Waals surface area contributed by atoms with Crippen LogP contribution in [0.3, 0.4) is 0 Å². The van der Waals surface area contributed by atoms with E-state index in [0.29, 0.717) is 18.1 Å². The van der Waals surface area contributed by atoms with E-state index in [1.807, 2.05) is 13.8 Å². The van der Waals surface area contributed by atoms with Gasteiger partial charge in [-0.3, -0.25) is 9.59 Å². The minimum atomic E-state index is -4.44. The molecule has 10 heteroatoms. The Kier molecular flexibility index (Phi) is 7.19. The van der Waals surface area contributed by atoms with E-state index in [-0.39, 0.29) is 29.2 Å². The van der Waals surface area contributed by atoms with Crippen LogP contribution in [0.4, 0.5) is 24.0 Å². The first kappa shape index (κ1) is 23.1. The van der Waals surface area contributed by atoms with Crippen LogP contribution in [-0.4, -0.2) is 40.3 Å². The van der Waals surface area contributed by atoms with Crippen molar-refractivity contribution in [1.82, 2.24) is 15.2 Å². The van der Waals surface area contributed by atoms with Gasteiger partial charge in [0.2, 0.25) is 5.91 Å². The fraction of sp³-hybridized carbons (Fsp3) is 0.476. The van der Waals surface area contributed by atoms with Gasteiger partial charge in [0.25, 0.3) is 5.91 Å². The number of nitrogens with one attached hydrogen (secondary N) is 2. The van der Waals surface area contributed by atoms with Gasteiger partial charge in [-0.1, -0.05) is 13.0 Å². The van der Waals surface area contributed by atoms with Crippen molar-refractivity contribution in [2.24, 2.45) is 0 Å². The van der Waals surface area contributed by atoms with Gasteiger partial charge in [0.15, 0.2) is 5.13 Å². The maximum absolute atomic E-state index is 13.0. The summed E-state index contributed by atoms with van der Waals surface area (Å²) in [7, 11) is 0. The summed E-state index contributed by atoms with van der Waals surface area (Å²) in [6.07, 6.45) is -1.39. The van der Waals surface area contributed by atoms with Gasteiger partial charge in [-0.15, -0.1) is 11.3 Å². The van der Waals surface area contributed by atoms with Crippen LogP contribution in [0.5, 0.6) is 0 Å². The number of hydrogen-bond donors (Lipinski definition) is 2. The first-order chi connectivity index (χ1) is 14.7. The predicted molar refractivity (Wildman–Crippen MR) is 113 cm³/mol. The number of thiazole rings is 1. The van der Waals surface area contributed by atoms with Crippen molar-refractivity contribution in [1.29, 1.82) is 0 Å². The predicted octanol–water partition coefficient (Wildman–Crippen LogP) is 4.81. The van der Waals surface area contributed by atoms with Crippen molar-refractivity contribution in [2.75, 3.05) is 11.9 Å². The van der Waals surface area contributed by atoms with Gasteiger partial charge >= 0.3 is 6.18 Å². The van der Waals surface area contributed by atoms with Gasteiger partial charge in [0.1, 0.15) is 11.7 Å². The van der Waals surface area contributed by atoms with E-state index in [9.17, 15) is 22.8 Å². The quantitative estimate of drug-likeness (QED) is 0.657. The third kappa shape index (κ3) is 5.75. The van der Waals surface area contributed by atoms with Crippen LogP contribution in [0.1, 0.15) is 55.6 Å². The molecule has 2 unspecified atom stereocenters. The summed E-state index contributed by atoms with van der Waals surface area (Å²) in [6.45, 7) is 4.35. The molecule has 0 aliphatic carbocycles. The zero-order valence-electron chi connectivity index (χ0n) is 17.3. The summed E-state index contributed by atoms with van der Waals surface area (Å²) in [5, 5.41) is 7.61. The standard InChI is InChI=1S/C21H25F3N4O2S/c1-3-13(2)25-18(29)17-9-4-5-10-28(17)19(30)16-12-31-20(27-16)26-15-8-6-7-14(11-15)21(22,23)24/h6-8,11-13,17H,3-5,9-10H2,1-2H3,(H,25,29)(H,26,27). The molecule has 1 aromatic heterocycles. The highest BCUT2D eigenvalue weighted by Gasteiger charge is 2.34. The van der Waals surface area contributed by atoms with E-state index in [1.54, 1.807) is 10.3 Å². The van der Waals surface area contributed by atoms with E-state index >= 15 is 0 Å². The zero-order valence-corrected chi connectivity index (χ0v) is 18.1. The fourth-order valence-corrected chi connectivity index (χ4v) is 4.07. The van der Waals surface area contributed by atoms with Crippen LogP contribution >= 0.6 is 11.3 Å². The number of alkyl halides is 3. The van der Waals surface area contributed by atoms with Crippen LogP contribution in [-0.2, 0) is 11.0 Å². The van der Waals surface area contributed by atoms with E-state index < -0.39 is 17.8 Å². The Morgan fingerprint density at radius 2 is 2.10 bits per heavy atom. The van der Waals surface area contributed by atoms with E-state index in [4.69, 9.17) is 0 Å². The molecule has 2 atom stereocenters. The Bertz CT molecular complexity index is 931. The van der Waals surface area contributed by atoms with E-state index in [1.165, 1.54) is 12.1 Å². The molecular weight excluding hydrogens is 429 g/mol. The van der Waals surface area contributed by atoms with Crippen LogP contribution in [0.2, 0.25) is 0 Å². The Labute approximate surface area is 182 Å². The number of aromatic nitrogens is 1. The topological polar surface area (TPSA) is 74.3 Å². The zero-order chi connectivity index (χ0) is 22.6. The lowest BCUT2D eigenvalue weighted by Gasteiger charge is -2.34. The molecule has 1 aliphatic rings. The molecule has 31 heavy (non-hydrogen) atoms. The van der Waals surface area contributed by atoms with Gasteiger partial charge in [0.05, 0.1) is 5.56 Å². The maximum atomic E-state index is 13.0. The fourth-order valence-electron chi connectivity index (χ4n) is 3.36. The number of likely N-dealkylation sites (tertiary alicyclic amines) is 1. The van der Waals surface area contributed by atoms with Crippen LogP contribution in [0, 0.1) is 0 Å². The number of benzene rings is 1. The molecule has 1 aliphatic heterocycles. The molecule has 1 fully saturated rings. The number of amides is 2. The van der Waals surface area contributed by atoms with Crippen molar-refractivity contribution in [3.05, 3.63) is 40.9 Å². The smallest absolute Gasteiger partial charge is 0.352 e. The van der Waals surface area contributed by atoms with Gasteiger partial charge in [-0.25, -0.2) is 4.98 Å². The van der Waals surface area contributed by atoms with Crippen molar-refractivity contribution in [3.63, 3.8) is 0 Å². The Balaban J connectivity index is 1.72. The molecule has 0 bridgehead atoms. The SMILES string of the molecule is CCC(C)NC(=O)C1CCCCN1C(=O)c1csc(Nc2cccc(C(F)(F)F)c2)n1. The van der Waals surface area contributed by atoms with Crippen molar-refractivity contribution in [2.45, 2.75) is 57.8 Å². The third-order valence-electron chi connectivity index (χ3n) is 5.23. The summed E-state index contributed by atoms with van der Waals surface area (Å²) in [5.41, 5.74) is -0.372. The highest BCUT2D eigenvalue weighted by Crippen LogP contribution is 2.32. The Morgan fingerprint density at radius 3 is 2.81 bits per heavy atom. The monoisotopic (exact) mass is 454 g/mol. The molecule has 0 saturated carbocycles. The lowest BCUT2D eigenvalue weighted by atomic mass is 10.0. The van der Waals surface area contributed by atoms with Crippen LogP contribution < -0.4 is 10.6 Å². The Hall–Kier alpha value is -2.62. The van der Waals surface area contributed by atoms with Crippen LogP contribution in [0.25, 0.3) is 0 Å². The molecule has 0 spiro atoms. The van der Waals surface area contributed by atoms with Crippen molar-refractivity contribution >= 4 is 34.0 Å². The third-order valence-corrected chi connectivity index (χ3v) is 5.99. The molecule has 0 radical (unpaired) electrons. The highest BCUT2D eigenvalue weighted by molar-refractivity contribution is 7.14. The van der Waals surface area contributed by atoms with Gasteiger partial charge in [-0.05, 0) is 50.8 Å². The van der Waals surface area contributed by atoms with Crippen molar-refractivity contribution in [3.8, 4) is 0 Å². The first-order valence-electron chi connectivity index (χ1n) is 10.2. The molecule has 168 valence electrons. The summed E-state index contributed by atoms with van der Waals surface area (Å²) >= 11 is 1.12.